The van der Waals surface area contributed by atoms with E-state index in [1.165, 1.54) is 17.7 Å². The molecule has 0 radical (unpaired) electrons. The van der Waals surface area contributed by atoms with Gasteiger partial charge in [-0.25, -0.2) is 19.3 Å². The molecule has 1 N–H and O–H groups in total. The van der Waals surface area contributed by atoms with Gasteiger partial charge in [0.05, 0.1) is 18.9 Å². The van der Waals surface area contributed by atoms with Gasteiger partial charge in [-0.15, -0.1) is 0 Å². The maximum atomic E-state index is 13.5. The fraction of sp³-hybridized carbons (Fsp3) is 0.519. The second-order valence-corrected chi connectivity index (χ2v) is 9.53. The highest BCUT2D eigenvalue weighted by molar-refractivity contribution is 5.60. The summed E-state index contributed by atoms with van der Waals surface area (Å²) >= 11 is 0. The molecule has 2 aromatic heterocycles. The number of imidazole rings is 1. The standard InChI is InChI=1S/C27H36FN7O/c1-3-23-25(29-2)30-19-31-27(23)34-10-8-21(9-11-34)26-32-24(20-4-6-22(28)7-5-20)18-35(26)13-12-33-14-16-36-17-15-33/h4-7,18-19,21H,3,8-17H2,1-2H3,(H,29,30,31). The fourth-order valence-corrected chi connectivity index (χ4v) is 5.33. The van der Waals surface area contributed by atoms with Crippen LogP contribution < -0.4 is 10.2 Å². The van der Waals surface area contributed by atoms with Gasteiger partial charge in [0, 0.05) is 69.6 Å². The van der Waals surface area contributed by atoms with Crippen molar-refractivity contribution in [3.8, 4) is 11.3 Å². The van der Waals surface area contributed by atoms with Crippen molar-refractivity contribution in [2.45, 2.75) is 38.6 Å². The van der Waals surface area contributed by atoms with Crippen molar-refractivity contribution in [1.29, 1.82) is 0 Å². The lowest BCUT2D eigenvalue weighted by molar-refractivity contribution is 0.0362. The summed E-state index contributed by atoms with van der Waals surface area (Å²) in [6.45, 7) is 9.42. The molecule has 2 aliphatic rings. The largest absolute Gasteiger partial charge is 0.379 e. The number of aromatic nitrogens is 4. The zero-order valence-electron chi connectivity index (χ0n) is 21.3. The monoisotopic (exact) mass is 493 g/mol. The van der Waals surface area contributed by atoms with E-state index in [4.69, 9.17) is 9.72 Å². The Morgan fingerprint density at radius 2 is 1.78 bits per heavy atom. The summed E-state index contributed by atoms with van der Waals surface area (Å²) in [6.07, 6.45) is 6.71. The molecular weight excluding hydrogens is 457 g/mol. The maximum absolute atomic E-state index is 13.5. The molecule has 5 rings (SSSR count). The average Bonchev–Trinajstić information content (AvgIpc) is 3.36. The maximum Gasteiger partial charge on any atom is 0.137 e. The molecule has 0 unspecified atom stereocenters. The molecule has 0 aliphatic carbocycles. The van der Waals surface area contributed by atoms with E-state index in [1.807, 2.05) is 19.2 Å². The minimum Gasteiger partial charge on any atom is -0.379 e. The first-order chi connectivity index (χ1) is 17.7. The summed E-state index contributed by atoms with van der Waals surface area (Å²) in [6, 6.07) is 6.65. The Morgan fingerprint density at radius 3 is 2.47 bits per heavy atom. The first-order valence-electron chi connectivity index (χ1n) is 13.1. The fourth-order valence-electron chi connectivity index (χ4n) is 5.33. The van der Waals surface area contributed by atoms with Gasteiger partial charge in [0.1, 0.15) is 29.6 Å². The summed E-state index contributed by atoms with van der Waals surface area (Å²) < 4.78 is 21.4. The van der Waals surface area contributed by atoms with Gasteiger partial charge in [0.2, 0.25) is 0 Å². The Bertz CT molecular complexity index is 1140. The Morgan fingerprint density at radius 1 is 1.03 bits per heavy atom. The summed E-state index contributed by atoms with van der Waals surface area (Å²) in [4.78, 5) is 19.0. The van der Waals surface area contributed by atoms with Crippen LogP contribution in [0.25, 0.3) is 11.3 Å². The van der Waals surface area contributed by atoms with Crippen LogP contribution in [0.5, 0.6) is 0 Å². The van der Waals surface area contributed by atoms with Gasteiger partial charge in [-0.1, -0.05) is 6.92 Å². The predicted octanol–water partition coefficient (Wildman–Crippen LogP) is 3.80. The molecule has 192 valence electrons. The van der Waals surface area contributed by atoms with Crippen molar-refractivity contribution < 1.29 is 9.13 Å². The number of piperidine rings is 1. The second-order valence-electron chi connectivity index (χ2n) is 9.53. The number of morpholine rings is 1. The van der Waals surface area contributed by atoms with Crippen LogP contribution >= 0.6 is 0 Å². The van der Waals surface area contributed by atoms with Crippen molar-refractivity contribution >= 4 is 11.6 Å². The molecule has 0 saturated carbocycles. The highest BCUT2D eigenvalue weighted by Crippen LogP contribution is 2.33. The minimum atomic E-state index is -0.226. The SMILES string of the molecule is CCc1c(NC)ncnc1N1CCC(c2nc(-c3ccc(F)cc3)cn2CCN2CCOCC2)CC1. The molecule has 2 fully saturated rings. The number of benzene rings is 1. The summed E-state index contributed by atoms with van der Waals surface area (Å²) in [5, 5.41) is 3.20. The highest BCUT2D eigenvalue weighted by Gasteiger charge is 2.27. The van der Waals surface area contributed by atoms with Gasteiger partial charge >= 0.3 is 0 Å². The van der Waals surface area contributed by atoms with E-state index in [-0.39, 0.29) is 5.82 Å². The quantitative estimate of drug-likeness (QED) is 0.512. The van der Waals surface area contributed by atoms with Crippen molar-refractivity contribution in [2.75, 3.05) is 63.2 Å². The third-order valence-corrected chi connectivity index (χ3v) is 7.38. The van der Waals surface area contributed by atoms with Crippen LogP contribution in [0, 0.1) is 5.82 Å². The molecule has 8 nitrogen and oxygen atoms in total. The van der Waals surface area contributed by atoms with Crippen LogP contribution in [0.4, 0.5) is 16.0 Å². The third kappa shape index (κ3) is 5.37. The van der Waals surface area contributed by atoms with Gasteiger partial charge < -0.3 is 19.5 Å². The molecule has 3 aromatic rings. The van der Waals surface area contributed by atoms with E-state index in [1.54, 1.807) is 6.33 Å². The Balaban J connectivity index is 1.35. The van der Waals surface area contributed by atoms with Gasteiger partial charge in [-0.2, -0.15) is 0 Å². The van der Waals surface area contributed by atoms with E-state index in [2.05, 4.69) is 42.8 Å². The van der Waals surface area contributed by atoms with Crippen LogP contribution in [0.3, 0.4) is 0 Å². The number of rotatable bonds is 8. The lowest BCUT2D eigenvalue weighted by atomic mass is 9.95. The van der Waals surface area contributed by atoms with Gasteiger partial charge in [0.25, 0.3) is 0 Å². The van der Waals surface area contributed by atoms with E-state index in [0.717, 1.165) is 100 Å². The molecule has 0 amide bonds. The minimum absolute atomic E-state index is 0.226. The van der Waals surface area contributed by atoms with Crippen LogP contribution in [0.1, 0.15) is 37.1 Å². The van der Waals surface area contributed by atoms with Gasteiger partial charge in [0.15, 0.2) is 0 Å². The number of ether oxygens (including phenoxy) is 1. The van der Waals surface area contributed by atoms with Crippen molar-refractivity contribution in [2.24, 2.45) is 0 Å². The zero-order valence-corrected chi connectivity index (χ0v) is 21.3. The first-order valence-corrected chi connectivity index (χ1v) is 13.1. The number of anilines is 2. The van der Waals surface area contributed by atoms with E-state index in [9.17, 15) is 4.39 Å². The number of nitrogens with one attached hydrogen (secondary N) is 1. The molecule has 36 heavy (non-hydrogen) atoms. The number of hydrogen-bond acceptors (Lipinski definition) is 7. The van der Waals surface area contributed by atoms with Crippen molar-refractivity contribution in [1.82, 2.24) is 24.4 Å². The lowest BCUT2D eigenvalue weighted by Crippen LogP contribution is -2.38. The molecule has 1 aromatic carbocycles. The molecule has 0 atom stereocenters. The lowest BCUT2D eigenvalue weighted by Gasteiger charge is -2.34. The van der Waals surface area contributed by atoms with Crippen LogP contribution in [0.2, 0.25) is 0 Å². The molecule has 2 saturated heterocycles. The summed E-state index contributed by atoms with van der Waals surface area (Å²) in [5.41, 5.74) is 3.04. The predicted molar refractivity (Wildman–Crippen MR) is 140 cm³/mol. The molecule has 4 heterocycles. The van der Waals surface area contributed by atoms with Crippen LogP contribution in [0.15, 0.2) is 36.8 Å². The van der Waals surface area contributed by atoms with E-state index >= 15 is 0 Å². The van der Waals surface area contributed by atoms with Crippen LogP contribution in [-0.4, -0.2) is 77.4 Å². The molecular formula is C27H36FN7O. The zero-order chi connectivity index (χ0) is 24.9. The van der Waals surface area contributed by atoms with E-state index < -0.39 is 0 Å². The van der Waals surface area contributed by atoms with Crippen molar-refractivity contribution in [3.63, 3.8) is 0 Å². The smallest absolute Gasteiger partial charge is 0.137 e. The van der Waals surface area contributed by atoms with Crippen molar-refractivity contribution in [3.05, 3.63) is 54.0 Å². The number of halogens is 1. The average molecular weight is 494 g/mol. The number of hydrogen-bond donors (Lipinski definition) is 1. The summed E-state index contributed by atoms with van der Waals surface area (Å²) in [5.74, 6) is 3.23. The Labute approximate surface area is 212 Å². The van der Waals surface area contributed by atoms with Crippen LogP contribution in [-0.2, 0) is 17.7 Å². The summed E-state index contributed by atoms with van der Waals surface area (Å²) in [7, 11) is 1.91. The van der Waals surface area contributed by atoms with Gasteiger partial charge in [-0.3, -0.25) is 4.90 Å². The Hall–Kier alpha value is -3.04. The highest BCUT2D eigenvalue weighted by atomic mass is 19.1. The van der Waals surface area contributed by atoms with Gasteiger partial charge in [-0.05, 0) is 43.5 Å². The molecule has 9 heteroatoms. The second kappa shape index (κ2) is 11.3. The normalized spacial score (nSPS) is 17.5. The first kappa shape index (κ1) is 24.6. The molecule has 0 bridgehead atoms. The van der Waals surface area contributed by atoms with E-state index in [0.29, 0.717) is 5.92 Å². The number of nitrogens with zero attached hydrogens (tertiary/aromatic N) is 6. The third-order valence-electron chi connectivity index (χ3n) is 7.38. The Kier molecular flexibility index (Phi) is 7.77. The molecule has 2 aliphatic heterocycles. The molecule has 0 spiro atoms. The topological polar surface area (TPSA) is 71.3 Å².